The highest BCUT2D eigenvalue weighted by Crippen LogP contribution is 2.41. The van der Waals surface area contributed by atoms with Crippen molar-refractivity contribution in [2.24, 2.45) is 5.92 Å². The van der Waals surface area contributed by atoms with Crippen molar-refractivity contribution < 1.29 is 4.79 Å². The first-order chi connectivity index (χ1) is 13.1. The lowest BCUT2D eigenvalue weighted by atomic mass is 9.78. The van der Waals surface area contributed by atoms with Crippen LogP contribution in [0.3, 0.4) is 0 Å². The molecule has 0 radical (unpaired) electrons. The number of hydrogen-bond donors (Lipinski definition) is 0. The van der Waals surface area contributed by atoms with Gasteiger partial charge in [0.15, 0.2) is 0 Å². The predicted molar refractivity (Wildman–Crippen MR) is 118 cm³/mol. The summed E-state index contributed by atoms with van der Waals surface area (Å²) in [5.74, 6) is 0.104. The van der Waals surface area contributed by atoms with E-state index in [1.807, 2.05) is 43.0 Å². The van der Waals surface area contributed by atoms with Gasteiger partial charge in [-0.2, -0.15) is 11.8 Å². The minimum absolute atomic E-state index is 0.0174. The molecule has 1 aliphatic rings. The van der Waals surface area contributed by atoms with Gasteiger partial charge in [-0.3, -0.25) is 4.79 Å². The maximum Gasteiger partial charge on any atom is 0.233 e. The van der Waals surface area contributed by atoms with E-state index in [-0.39, 0.29) is 17.9 Å². The van der Waals surface area contributed by atoms with Gasteiger partial charge < -0.3 is 4.90 Å². The second-order valence-electron chi connectivity index (χ2n) is 6.58. The number of thioether (sulfide) groups is 1. The predicted octanol–water partition coefficient (Wildman–Crippen LogP) is 6.09. The van der Waals surface area contributed by atoms with Gasteiger partial charge in [0.25, 0.3) is 0 Å². The molecule has 3 atom stereocenters. The van der Waals surface area contributed by atoms with Crippen LogP contribution in [-0.2, 0) is 4.79 Å². The van der Waals surface area contributed by atoms with E-state index in [1.54, 1.807) is 17.1 Å². The molecule has 1 aromatic rings. The van der Waals surface area contributed by atoms with Gasteiger partial charge in [-0.25, -0.2) is 0 Å². The highest BCUT2D eigenvalue weighted by molar-refractivity contribution is 7.98. The van der Waals surface area contributed by atoms with Crippen LogP contribution in [0.5, 0.6) is 0 Å². The van der Waals surface area contributed by atoms with Gasteiger partial charge in [0.05, 0.1) is 12.0 Å². The fourth-order valence-corrected chi connectivity index (χ4v) is 4.44. The molecule has 27 heavy (non-hydrogen) atoms. The molecule has 3 heteroatoms. The zero-order valence-corrected chi connectivity index (χ0v) is 17.1. The Morgan fingerprint density at radius 2 is 2.00 bits per heavy atom. The van der Waals surface area contributed by atoms with Crippen LogP contribution in [0.4, 0.5) is 0 Å². The molecular weight excluding hydrogens is 350 g/mol. The van der Waals surface area contributed by atoms with Gasteiger partial charge in [-0.1, -0.05) is 68.3 Å². The van der Waals surface area contributed by atoms with Gasteiger partial charge in [-0.05, 0) is 49.3 Å². The molecule has 0 bridgehead atoms. The fraction of sp³-hybridized carbons (Fsp3) is 0.292. The molecule has 2 rings (SSSR count). The van der Waals surface area contributed by atoms with Crippen molar-refractivity contribution >= 4 is 17.7 Å². The summed E-state index contributed by atoms with van der Waals surface area (Å²) in [6.45, 7) is 13.8. The minimum atomic E-state index is -0.0415. The van der Waals surface area contributed by atoms with Crippen molar-refractivity contribution in [2.45, 2.75) is 31.1 Å². The number of likely N-dealkylation sites (tertiary alicyclic amines) is 1. The highest BCUT2D eigenvalue weighted by atomic mass is 32.2. The molecule has 0 spiro atoms. The molecule has 1 aliphatic heterocycles. The van der Waals surface area contributed by atoms with Crippen molar-refractivity contribution in [3.63, 3.8) is 0 Å². The topological polar surface area (TPSA) is 20.3 Å². The molecule has 142 valence electrons. The summed E-state index contributed by atoms with van der Waals surface area (Å²) >= 11 is 1.84. The molecule has 2 nitrogen and oxygen atoms in total. The third kappa shape index (κ3) is 4.72. The Bertz CT molecular complexity index is 747. The number of amides is 1. The molecule has 1 aromatic carbocycles. The van der Waals surface area contributed by atoms with Crippen molar-refractivity contribution in [1.29, 1.82) is 0 Å². The molecule has 1 fully saturated rings. The Kier molecular flexibility index (Phi) is 7.93. The third-order valence-corrected chi connectivity index (χ3v) is 6.02. The second-order valence-corrected chi connectivity index (χ2v) is 7.62. The standard InChI is InChI=1S/C24H29NOS/c1-6-12-18(4)23-21(24(26)25(23)20(8-3)13-7-2)16-17-22(27-5)19-14-10-9-11-15-19/h6-15,21-23H,2-4,16-17H2,1,5H3/b12-6-,20-13+. The molecule has 0 aromatic heterocycles. The maximum atomic E-state index is 12.9. The van der Waals surface area contributed by atoms with E-state index in [2.05, 4.69) is 50.3 Å². The first-order valence-electron chi connectivity index (χ1n) is 9.26. The van der Waals surface area contributed by atoms with E-state index < -0.39 is 0 Å². The second kappa shape index (κ2) is 10.2. The number of hydrogen-bond acceptors (Lipinski definition) is 2. The SMILES string of the molecule is C=C/C=C(\C=C)N1C(=O)C(CCC(SC)c2ccccc2)C1C(=C)/C=C\C. The summed E-state index contributed by atoms with van der Waals surface area (Å²) in [5, 5.41) is 0.395. The van der Waals surface area contributed by atoms with E-state index in [9.17, 15) is 4.79 Å². The van der Waals surface area contributed by atoms with Crippen molar-refractivity contribution in [3.05, 3.63) is 97.3 Å². The summed E-state index contributed by atoms with van der Waals surface area (Å²) in [6, 6.07) is 10.5. The zero-order valence-electron chi connectivity index (χ0n) is 16.3. The quantitative estimate of drug-likeness (QED) is 0.362. The van der Waals surface area contributed by atoms with Crippen molar-refractivity contribution in [2.75, 3.05) is 6.26 Å². The fourth-order valence-electron chi connectivity index (χ4n) is 3.64. The summed E-state index contributed by atoms with van der Waals surface area (Å²) in [6.07, 6.45) is 13.1. The van der Waals surface area contributed by atoms with Crippen LogP contribution >= 0.6 is 11.8 Å². The number of rotatable bonds is 10. The molecule has 1 amide bonds. The average Bonchev–Trinajstić information content (AvgIpc) is 2.69. The van der Waals surface area contributed by atoms with Gasteiger partial charge in [0.1, 0.15) is 0 Å². The summed E-state index contributed by atoms with van der Waals surface area (Å²) in [5.41, 5.74) is 3.06. The largest absolute Gasteiger partial charge is 0.304 e. The number of nitrogens with zero attached hydrogens (tertiary/aromatic N) is 1. The number of benzene rings is 1. The van der Waals surface area contributed by atoms with E-state index in [4.69, 9.17) is 0 Å². The lowest BCUT2D eigenvalue weighted by Crippen LogP contribution is -2.60. The molecule has 0 saturated carbocycles. The lowest BCUT2D eigenvalue weighted by Gasteiger charge is -2.48. The number of carbonyl (C=O) groups excluding carboxylic acids is 1. The van der Waals surface area contributed by atoms with Crippen molar-refractivity contribution in [3.8, 4) is 0 Å². The van der Waals surface area contributed by atoms with E-state index in [0.29, 0.717) is 5.25 Å². The van der Waals surface area contributed by atoms with Crippen LogP contribution in [0.15, 0.2) is 91.7 Å². The van der Waals surface area contributed by atoms with Crippen LogP contribution in [-0.4, -0.2) is 23.1 Å². The van der Waals surface area contributed by atoms with Crippen LogP contribution in [0.1, 0.15) is 30.6 Å². The van der Waals surface area contributed by atoms with E-state index in [1.165, 1.54) is 5.56 Å². The molecular formula is C24H29NOS. The Labute approximate surface area is 168 Å². The zero-order chi connectivity index (χ0) is 19.8. The third-order valence-electron chi connectivity index (χ3n) is 4.95. The normalized spacial score (nSPS) is 21.0. The number of carbonyl (C=O) groups is 1. The van der Waals surface area contributed by atoms with Crippen LogP contribution in [0.25, 0.3) is 0 Å². The summed E-state index contributed by atoms with van der Waals surface area (Å²) in [4.78, 5) is 14.7. The Morgan fingerprint density at radius 1 is 1.30 bits per heavy atom. The van der Waals surface area contributed by atoms with E-state index in [0.717, 1.165) is 24.1 Å². The first-order valence-corrected chi connectivity index (χ1v) is 10.5. The van der Waals surface area contributed by atoms with Crippen LogP contribution in [0.2, 0.25) is 0 Å². The summed E-state index contributed by atoms with van der Waals surface area (Å²) in [7, 11) is 0. The molecule has 1 heterocycles. The Morgan fingerprint density at radius 3 is 2.56 bits per heavy atom. The maximum absolute atomic E-state index is 12.9. The molecule has 0 N–H and O–H groups in total. The van der Waals surface area contributed by atoms with Gasteiger partial charge in [-0.15, -0.1) is 0 Å². The average molecular weight is 380 g/mol. The van der Waals surface area contributed by atoms with E-state index >= 15 is 0 Å². The van der Waals surface area contributed by atoms with Crippen LogP contribution < -0.4 is 0 Å². The van der Waals surface area contributed by atoms with Gasteiger partial charge in [0.2, 0.25) is 5.91 Å². The lowest BCUT2D eigenvalue weighted by molar-refractivity contribution is -0.149. The first kappa shape index (κ1) is 21.0. The van der Waals surface area contributed by atoms with Crippen LogP contribution in [0, 0.1) is 5.92 Å². The molecule has 1 saturated heterocycles. The Hall–Kier alpha value is -2.26. The summed E-state index contributed by atoms with van der Waals surface area (Å²) < 4.78 is 0. The van der Waals surface area contributed by atoms with Gasteiger partial charge >= 0.3 is 0 Å². The van der Waals surface area contributed by atoms with Crippen molar-refractivity contribution in [1.82, 2.24) is 4.90 Å². The molecule has 3 unspecified atom stereocenters. The monoisotopic (exact) mass is 379 g/mol. The molecule has 0 aliphatic carbocycles. The Balaban J connectivity index is 2.18. The number of β-lactam (4-membered cyclic amide) rings is 1. The van der Waals surface area contributed by atoms with Gasteiger partial charge in [0, 0.05) is 10.9 Å². The smallest absolute Gasteiger partial charge is 0.233 e. The highest BCUT2D eigenvalue weighted by Gasteiger charge is 2.48. The minimum Gasteiger partial charge on any atom is -0.304 e. The number of allylic oxidation sites excluding steroid dienone is 4.